The smallest absolute Gasteiger partial charge is 0.306 e. The van der Waals surface area contributed by atoms with Crippen LogP contribution in [0.3, 0.4) is 0 Å². The fourth-order valence-electron chi connectivity index (χ4n) is 10.7. The average Bonchev–Trinajstić information content (AvgIpc) is 2.49. The molecule has 1 rings (SSSR count). The fraction of sp³-hybridized carbons (Fsp3) is 0.784. The Bertz CT molecular complexity index is 1710. The minimum atomic E-state index is -1.63. The van der Waals surface area contributed by atoms with Crippen LogP contribution >= 0.6 is 0 Å². The van der Waals surface area contributed by atoms with Crippen molar-refractivity contribution in [2.24, 2.45) is 0 Å². The van der Waals surface area contributed by atoms with E-state index in [1.54, 1.807) is 6.08 Å². The second kappa shape index (κ2) is 61.1. The van der Waals surface area contributed by atoms with E-state index in [1.165, 1.54) is 180 Å². The van der Waals surface area contributed by atoms with Crippen molar-refractivity contribution in [2.75, 3.05) is 13.2 Å². The van der Waals surface area contributed by atoms with E-state index in [1.807, 2.05) is 6.08 Å². The van der Waals surface area contributed by atoms with Crippen LogP contribution in [0.2, 0.25) is 0 Å². The normalized spacial score (nSPS) is 18.9. The number of aliphatic hydroxyl groups excluding tert-OH is 5. The summed E-state index contributed by atoms with van der Waals surface area (Å²) in [5, 5.41) is 57.2. The van der Waals surface area contributed by atoms with Gasteiger partial charge < -0.3 is 45.1 Å². The number of rotatable bonds is 60. The van der Waals surface area contributed by atoms with Crippen LogP contribution in [0.15, 0.2) is 85.1 Å². The Morgan fingerprint density at radius 2 is 0.812 bits per heavy atom. The molecule has 1 heterocycles. The lowest BCUT2D eigenvalue weighted by atomic mass is 9.99. The number of carbonyl (C=O) groups is 2. The topological polar surface area (TPSA) is 175 Å². The van der Waals surface area contributed by atoms with Crippen LogP contribution in [0.1, 0.15) is 310 Å². The SMILES string of the molecule is CCCCC/C=C\C/C=C\C/C=C\C/C=C\CCCCCC(=O)OC1C(OCC(NC(=O)C(O)CCCCCCCCCCCCCCCC/C=C\C/C=C\CCCCC)C(O)/C=C/CCCCCCCCCCCCC)OC(CO)C(O)C1O. The molecule has 11 nitrogen and oxygen atoms in total. The quantitative estimate of drug-likeness (QED) is 0.0195. The van der Waals surface area contributed by atoms with Crippen molar-refractivity contribution < 1.29 is 49.3 Å². The molecule has 0 spiro atoms. The van der Waals surface area contributed by atoms with E-state index in [2.05, 4.69) is 99.0 Å². The van der Waals surface area contributed by atoms with E-state index in [9.17, 15) is 35.1 Å². The Labute approximate surface area is 521 Å². The van der Waals surface area contributed by atoms with Gasteiger partial charge in [-0.3, -0.25) is 9.59 Å². The monoisotopic (exact) mass is 1190 g/mol. The molecule has 8 unspecified atom stereocenters. The van der Waals surface area contributed by atoms with Crippen LogP contribution in [0.4, 0.5) is 0 Å². The summed E-state index contributed by atoms with van der Waals surface area (Å²) in [5.74, 6) is -1.22. The molecule has 0 radical (unpaired) electrons. The van der Waals surface area contributed by atoms with Crippen molar-refractivity contribution in [3.8, 4) is 0 Å². The molecule has 1 aliphatic rings. The Morgan fingerprint density at radius 1 is 0.459 bits per heavy atom. The van der Waals surface area contributed by atoms with Gasteiger partial charge in [0.2, 0.25) is 5.91 Å². The van der Waals surface area contributed by atoms with Gasteiger partial charge in [0.05, 0.1) is 25.4 Å². The number of amides is 1. The summed E-state index contributed by atoms with van der Waals surface area (Å²) in [6, 6.07) is -1.04. The van der Waals surface area contributed by atoms with Gasteiger partial charge in [-0.2, -0.15) is 0 Å². The second-order valence-electron chi connectivity index (χ2n) is 24.3. The number of hydrogen-bond acceptors (Lipinski definition) is 10. The Kier molecular flexibility index (Phi) is 57.4. The number of aliphatic hydroxyl groups is 5. The van der Waals surface area contributed by atoms with Crippen LogP contribution in [0, 0.1) is 0 Å². The standard InChI is InChI=1S/C74H131NO10/c1-4-7-10-13-16-19-22-25-27-29-31-32-33-34-35-37-38-40-43-46-49-52-55-58-61-67(78)73(82)75-65(66(77)60-57-54-51-48-45-42-24-21-18-15-12-9-6-3)64-83-74-72(71(81)70(80)68(63-76)84-74)85-69(79)62-59-56-53-50-47-44-41-39-36-30-28-26-23-20-17-14-11-8-5-2/h16-17,19-20,25-28,36,39,44,47,57,60,65-68,70-72,74,76-78,80-81H,4-15,18,21-24,29-35,37-38,40-43,45-46,48-56,58-59,61-64H2,1-3H3,(H,75,82)/b19-16-,20-17-,27-25-,28-26-,39-36-,47-44-,60-57+. The van der Waals surface area contributed by atoms with Gasteiger partial charge in [-0.05, 0) is 103 Å². The minimum Gasteiger partial charge on any atom is -0.454 e. The lowest BCUT2D eigenvalue weighted by molar-refractivity contribution is -0.305. The molecule has 11 heteroatoms. The number of esters is 1. The molecular formula is C74H131NO10. The molecular weight excluding hydrogens is 1060 g/mol. The molecule has 0 saturated carbocycles. The van der Waals surface area contributed by atoms with E-state index in [0.29, 0.717) is 12.8 Å². The third-order valence-electron chi connectivity index (χ3n) is 16.3. The predicted molar refractivity (Wildman–Crippen MR) is 356 cm³/mol. The van der Waals surface area contributed by atoms with Crippen molar-refractivity contribution in [1.29, 1.82) is 0 Å². The maximum Gasteiger partial charge on any atom is 0.306 e. The Balaban J connectivity index is 2.62. The van der Waals surface area contributed by atoms with Crippen LogP contribution in [0.25, 0.3) is 0 Å². The van der Waals surface area contributed by atoms with Crippen LogP contribution in [0.5, 0.6) is 0 Å². The Hall–Kier alpha value is -3.16. The number of nitrogens with one attached hydrogen (secondary N) is 1. The van der Waals surface area contributed by atoms with E-state index in [-0.39, 0.29) is 19.4 Å². The van der Waals surface area contributed by atoms with Gasteiger partial charge in [-0.15, -0.1) is 0 Å². The maximum absolute atomic E-state index is 13.5. The first-order valence-electron chi connectivity index (χ1n) is 35.4. The fourth-order valence-corrected chi connectivity index (χ4v) is 10.7. The molecule has 0 aromatic rings. The van der Waals surface area contributed by atoms with Crippen LogP contribution in [-0.4, -0.2) is 99.6 Å². The molecule has 85 heavy (non-hydrogen) atoms. The summed E-state index contributed by atoms with van der Waals surface area (Å²) >= 11 is 0. The summed E-state index contributed by atoms with van der Waals surface area (Å²) in [6.45, 7) is 5.75. The van der Waals surface area contributed by atoms with E-state index < -0.39 is 67.4 Å². The van der Waals surface area contributed by atoms with E-state index in [0.717, 1.165) is 83.5 Å². The second-order valence-corrected chi connectivity index (χ2v) is 24.3. The van der Waals surface area contributed by atoms with Crippen molar-refractivity contribution in [3.63, 3.8) is 0 Å². The van der Waals surface area contributed by atoms with Crippen molar-refractivity contribution in [1.82, 2.24) is 5.32 Å². The lowest BCUT2D eigenvalue weighted by Crippen LogP contribution is -2.61. The third-order valence-corrected chi connectivity index (χ3v) is 16.3. The molecule has 1 aliphatic heterocycles. The molecule has 0 aromatic heterocycles. The molecule has 1 saturated heterocycles. The Morgan fingerprint density at radius 3 is 1.24 bits per heavy atom. The summed E-state index contributed by atoms with van der Waals surface area (Å²) in [6.07, 6.45) is 70.5. The molecule has 8 atom stereocenters. The van der Waals surface area contributed by atoms with Crippen molar-refractivity contribution in [3.05, 3.63) is 85.1 Å². The van der Waals surface area contributed by atoms with Gasteiger partial charge in [-0.25, -0.2) is 0 Å². The largest absolute Gasteiger partial charge is 0.454 e. The van der Waals surface area contributed by atoms with Gasteiger partial charge in [0.15, 0.2) is 12.4 Å². The molecule has 0 aliphatic carbocycles. The third kappa shape index (κ3) is 48.4. The highest BCUT2D eigenvalue weighted by atomic mass is 16.7. The number of ether oxygens (including phenoxy) is 3. The number of unbranched alkanes of at least 4 members (excludes halogenated alkanes) is 34. The van der Waals surface area contributed by atoms with Gasteiger partial charge in [0, 0.05) is 6.42 Å². The van der Waals surface area contributed by atoms with E-state index in [4.69, 9.17) is 14.2 Å². The minimum absolute atomic E-state index is 0.0840. The first kappa shape index (κ1) is 79.9. The summed E-state index contributed by atoms with van der Waals surface area (Å²) in [5.41, 5.74) is 0. The molecule has 1 amide bonds. The molecule has 0 aromatic carbocycles. The lowest BCUT2D eigenvalue weighted by Gasteiger charge is -2.41. The number of hydrogen-bond donors (Lipinski definition) is 6. The summed E-state index contributed by atoms with van der Waals surface area (Å²) in [7, 11) is 0. The highest BCUT2D eigenvalue weighted by Crippen LogP contribution is 2.26. The van der Waals surface area contributed by atoms with Gasteiger partial charge in [0.1, 0.15) is 24.4 Å². The molecule has 1 fully saturated rings. The highest BCUT2D eigenvalue weighted by molar-refractivity contribution is 5.80. The highest BCUT2D eigenvalue weighted by Gasteiger charge is 2.47. The van der Waals surface area contributed by atoms with Crippen LogP contribution < -0.4 is 5.32 Å². The molecule has 492 valence electrons. The number of carbonyl (C=O) groups excluding carboxylic acids is 2. The van der Waals surface area contributed by atoms with Gasteiger partial charge >= 0.3 is 5.97 Å². The predicted octanol–water partition coefficient (Wildman–Crippen LogP) is 18.1. The zero-order chi connectivity index (χ0) is 61.7. The summed E-state index contributed by atoms with van der Waals surface area (Å²) in [4.78, 5) is 26.7. The first-order valence-corrected chi connectivity index (χ1v) is 35.4. The number of allylic oxidation sites excluding steroid dienone is 13. The zero-order valence-electron chi connectivity index (χ0n) is 54.7. The van der Waals surface area contributed by atoms with Gasteiger partial charge in [0.25, 0.3) is 0 Å². The molecule has 6 N–H and O–H groups in total. The summed E-state index contributed by atoms with van der Waals surface area (Å²) < 4.78 is 17.7. The van der Waals surface area contributed by atoms with E-state index >= 15 is 0 Å². The maximum atomic E-state index is 13.5. The average molecular weight is 1190 g/mol. The molecule has 0 bridgehead atoms. The van der Waals surface area contributed by atoms with Gasteiger partial charge in [-0.1, -0.05) is 286 Å². The van der Waals surface area contributed by atoms with Crippen molar-refractivity contribution in [2.45, 2.75) is 359 Å². The van der Waals surface area contributed by atoms with Crippen molar-refractivity contribution >= 4 is 11.9 Å². The van der Waals surface area contributed by atoms with Crippen LogP contribution in [-0.2, 0) is 23.8 Å². The zero-order valence-corrected chi connectivity index (χ0v) is 54.7. The first-order chi connectivity index (χ1) is 41.7.